The summed E-state index contributed by atoms with van der Waals surface area (Å²) in [6, 6.07) is 14.4. The third kappa shape index (κ3) is 3.24. The van der Waals surface area contributed by atoms with Crippen molar-refractivity contribution in [1.29, 1.82) is 0 Å². The van der Waals surface area contributed by atoms with Gasteiger partial charge in [0.1, 0.15) is 11.3 Å². The van der Waals surface area contributed by atoms with Gasteiger partial charge in [-0.15, -0.1) is 0 Å². The zero-order valence-electron chi connectivity index (χ0n) is 18.0. The lowest BCUT2D eigenvalue weighted by molar-refractivity contribution is 0.0701. The summed E-state index contributed by atoms with van der Waals surface area (Å²) in [6.45, 7) is 6.31. The number of rotatable bonds is 4. The summed E-state index contributed by atoms with van der Waals surface area (Å²) in [6.07, 6.45) is 1.57. The minimum absolute atomic E-state index is 0.0775. The van der Waals surface area contributed by atoms with Gasteiger partial charge in [-0.3, -0.25) is 9.59 Å². The first kappa shape index (κ1) is 20.6. The number of aryl methyl sites for hydroxylation is 1. The van der Waals surface area contributed by atoms with E-state index in [1.165, 1.54) is 5.56 Å². The Kier molecular flexibility index (Phi) is 4.94. The van der Waals surface area contributed by atoms with Gasteiger partial charge < -0.3 is 13.7 Å². The highest BCUT2D eigenvalue weighted by Crippen LogP contribution is 2.40. The molecule has 0 aliphatic carbocycles. The van der Waals surface area contributed by atoms with Crippen LogP contribution in [0.4, 0.5) is 0 Å². The molecule has 0 saturated heterocycles. The fourth-order valence-corrected chi connectivity index (χ4v) is 4.45. The number of furan rings is 1. The summed E-state index contributed by atoms with van der Waals surface area (Å²) in [5, 5.41) is 0.857. The van der Waals surface area contributed by atoms with Gasteiger partial charge in [0.2, 0.25) is 5.76 Å². The summed E-state index contributed by atoms with van der Waals surface area (Å²) < 4.78 is 11.5. The highest BCUT2D eigenvalue weighted by Gasteiger charge is 2.43. The number of carbonyl (C=O) groups excluding carboxylic acids is 1. The molecule has 1 amide bonds. The molecule has 1 unspecified atom stereocenters. The topological polar surface area (TPSA) is 63.7 Å². The van der Waals surface area contributed by atoms with Crippen LogP contribution in [0.3, 0.4) is 0 Å². The Hall–Kier alpha value is -3.31. The van der Waals surface area contributed by atoms with E-state index in [1.54, 1.807) is 29.4 Å². The lowest BCUT2D eigenvalue weighted by Gasteiger charge is -2.24. The van der Waals surface area contributed by atoms with Crippen LogP contribution in [0.15, 0.2) is 68.4 Å². The van der Waals surface area contributed by atoms with E-state index < -0.39 is 6.04 Å². The molecule has 32 heavy (non-hydrogen) atoms. The van der Waals surface area contributed by atoms with E-state index in [-0.39, 0.29) is 23.6 Å². The van der Waals surface area contributed by atoms with Crippen molar-refractivity contribution >= 4 is 28.5 Å². The molecule has 4 aromatic rings. The van der Waals surface area contributed by atoms with E-state index >= 15 is 0 Å². The van der Waals surface area contributed by atoms with E-state index in [0.29, 0.717) is 33.2 Å². The van der Waals surface area contributed by atoms with Crippen molar-refractivity contribution in [2.45, 2.75) is 39.3 Å². The van der Waals surface area contributed by atoms with E-state index in [0.717, 1.165) is 11.1 Å². The van der Waals surface area contributed by atoms with E-state index in [4.69, 9.17) is 20.4 Å². The largest absolute Gasteiger partial charge is 0.467 e. The second-order valence-electron chi connectivity index (χ2n) is 8.51. The van der Waals surface area contributed by atoms with Crippen LogP contribution in [0, 0.1) is 6.92 Å². The van der Waals surface area contributed by atoms with Gasteiger partial charge in [0.05, 0.1) is 29.8 Å². The Balaban J connectivity index is 1.73. The molecule has 0 radical (unpaired) electrons. The van der Waals surface area contributed by atoms with Gasteiger partial charge in [0.25, 0.3) is 5.91 Å². The van der Waals surface area contributed by atoms with Crippen LogP contribution in [-0.2, 0) is 6.54 Å². The van der Waals surface area contributed by atoms with Gasteiger partial charge >= 0.3 is 0 Å². The van der Waals surface area contributed by atoms with Crippen molar-refractivity contribution in [3.05, 3.63) is 104 Å². The van der Waals surface area contributed by atoms with Gasteiger partial charge in [0.15, 0.2) is 5.43 Å². The van der Waals surface area contributed by atoms with Crippen LogP contribution in [0.2, 0.25) is 5.02 Å². The summed E-state index contributed by atoms with van der Waals surface area (Å²) in [7, 11) is 0. The SMILES string of the molecule is Cc1cc2oc3c(c(=O)c2cc1Cl)C(c1ccc(C(C)C)cc1)N(Cc1ccco1)C3=O. The summed E-state index contributed by atoms with van der Waals surface area (Å²) in [4.78, 5) is 28.7. The predicted octanol–water partition coefficient (Wildman–Crippen LogP) is 6.22. The molecule has 1 atom stereocenters. The van der Waals surface area contributed by atoms with Crippen LogP contribution in [0.5, 0.6) is 0 Å². The predicted molar refractivity (Wildman–Crippen MR) is 123 cm³/mol. The lowest BCUT2D eigenvalue weighted by atomic mass is 9.95. The van der Waals surface area contributed by atoms with Gasteiger partial charge in [-0.1, -0.05) is 49.7 Å². The number of hydrogen-bond donors (Lipinski definition) is 0. The first-order valence-electron chi connectivity index (χ1n) is 10.5. The second kappa shape index (κ2) is 7.68. The number of carbonyl (C=O) groups is 1. The standard InChI is InChI=1S/C26H22ClNO4/c1-14(2)16-6-8-17(9-7-16)23-22-24(29)19-12-20(27)15(3)11-21(19)32-25(22)26(30)28(23)13-18-5-4-10-31-18/h4-12,14,23H,13H2,1-3H3. The summed E-state index contributed by atoms with van der Waals surface area (Å²) >= 11 is 6.29. The molecule has 0 spiro atoms. The molecule has 3 heterocycles. The molecular weight excluding hydrogens is 426 g/mol. The number of amides is 1. The van der Waals surface area contributed by atoms with Crippen molar-refractivity contribution in [2.24, 2.45) is 0 Å². The number of hydrogen-bond acceptors (Lipinski definition) is 4. The van der Waals surface area contributed by atoms with Crippen LogP contribution >= 0.6 is 11.6 Å². The molecule has 162 valence electrons. The second-order valence-corrected chi connectivity index (χ2v) is 8.92. The van der Waals surface area contributed by atoms with Crippen molar-refractivity contribution in [2.75, 3.05) is 0 Å². The molecule has 0 N–H and O–H groups in total. The van der Waals surface area contributed by atoms with Crippen LogP contribution in [0.25, 0.3) is 11.0 Å². The molecule has 6 heteroatoms. The maximum absolute atomic E-state index is 13.6. The van der Waals surface area contributed by atoms with Gasteiger partial charge in [0, 0.05) is 5.02 Å². The molecule has 1 aliphatic heterocycles. The Morgan fingerprint density at radius 2 is 1.84 bits per heavy atom. The maximum Gasteiger partial charge on any atom is 0.291 e. The molecule has 2 aromatic heterocycles. The average Bonchev–Trinajstić information content (AvgIpc) is 3.38. The molecule has 0 bridgehead atoms. The maximum atomic E-state index is 13.6. The first-order valence-corrected chi connectivity index (χ1v) is 10.9. The van der Waals surface area contributed by atoms with Crippen molar-refractivity contribution in [1.82, 2.24) is 4.90 Å². The molecular formula is C26H22ClNO4. The highest BCUT2D eigenvalue weighted by atomic mass is 35.5. The summed E-state index contributed by atoms with van der Waals surface area (Å²) in [5.41, 5.74) is 3.27. The Morgan fingerprint density at radius 3 is 2.50 bits per heavy atom. The number of halogens is 1. The minimum atomic E-state index is -0.579. The Morgan fingerprint density at radius 1 is 1.09 bits per heavy atom. The third-order valence-corrected chi connectivity index (χ3v) is 6.48. The third-order valence-electron chi connectivity index (χ3n) is 6.07. The molecule has 1 aliphatic rings. The Bertz CT molecular complexity index is 1380. The first-order chi connectivity index (χ1) is 15.3. The number of fused-ring (bicyclic) bond motifs is 2. The minimum Gasteiger partial charge on any atom is -0.467 e. The fourth-order valence-electron chi connectivity index (χ4n) is 4.28. The number of nitrogens with zero attached hydrogens (tertiary/aromatic N) is 1. The normalized spacial score (nSPS) is 15.7. The monoisotopic (exact) mass is 447 g/mol. The average molecular weight is 448 g/mol. The number of benzene rings is 2. The quantitative estimate of drug-likeness (QED) is 0.372. The lowest BCUT2D eigenvalue weighted by Crippen LogP contribution is -2.29. The van der Waals surface area contributed by atoms with E-state index in [9.17, 15) is 9.59 Å². The molecule has 0 saturated carbocycles. The van der Waals surface area contributed by atoms with Crippen molar-refractivity contribution < 1.29 is 13.6 Å². The van der Waals surface area contributed by atoms with Crippen LogP contribution in [-0.4, -0.2) is 10.8 Å². The highest BCUT2D eigenvalue weighted by molar-refractivity contribution is 6.32. The van der Waals surface area contributed by atoms with E-state index in [1.807, 2.05) is 37.3 Å². The fraction of sp³-hybridized carbons (Fsp3) is 0.231. The molecule has 5 nitrogen and oxygen atoms in total. The molecule has 5 rings (SSSR count). The molecule has 0 fully saturated rings. The Labute approximate surface area is 190 Å². The summed E-state index contributed by atoms with van der Waals surface area (Å²) in [5.74, 6) is 0.751. The van der Waals surface area contributed by atoms with E-state index in [2.05, 4.69) is 13.8 Å². The van der Waals surface area contributed by atoms with Crippen molar-refractivity contribution in [3.63, 3.8) is 0 Å². The van der Waals surface area contributed by atoms with Crippen molar-refractivity contribution in [3.8, 4) is 0 Å². The molecule has 2 aromatic carbocycles. The van der Waals surface area contributed by atoms with Gasteiger partial charge in [-0.25, -0.2) is 0 Å². The van der Waals surface area contributed by atoms with Gasteiger partial charge in [-0.05, 0) is 53.8 Å². The van der Waals surface area contributed by atoms with Gasteiger partial charge in [-0.2, -0.15) is 0 Å². The van der Waals surface area contributed by atoms with Crippen LogP contribution in [0.1, 0.15) is 64.4 Å². The zero-order valence-corrected chi connectivity index (χ0v) is 18.8. The smallest absolute Gasteiger partial charge is 0.291 e. The van der Waals surface area contributed by atoms with Crippen LogP contribution < -0.4 is 5.43 Å². The zero-order chi connectivity index (χ0) is 22.6.